The summed E-state index contributed by atoms with van der Waals surface area (Å²) in [6, 6.07) is 5.11. The maximum Gasteiger partial charge on any atom is 0.419 e. The summed E-state index contributed by atoms with van der Waals surface area (Å²) in [5.41, 5.74) is -1.10. The van der Waals surface area contributed by atoms with E-state index in [9.17, 15) is 18.0 Å². The van der Waals surface area contributed by atoms with Crippen LogP contribution in [0.15, 0.2) is 24.5 Å². The Balaban J connectivity index is 1.29. The lowest BCUT2D eigenvalue weighted by molar-refractivity contribution is -0.137. The molecule has 0 unspecified atom stereocenters. The van der Waals surface area contributed by atoms with Crippen molar-refractivity contribution in [3.05, 3.63) is 35.8 Å². The van der Waals surface area contributed by atoms with Crippen LogP contribution in [-0.4, -0.2) is 82.0 Å². The molecule has 0 spiro atoms. The SMILES string of the molecule is CN(CCOCCN[C@H]1CC[C@H](Nc2ncc(C(F)(F)F)c(-c3c[nH]c4nc(C#N)ccc34)n2)C1)C(=O)OC(C)(C)C. The van der Waals surface area contributed by atoms with Crippen LogP contribution >= 0.6 is 0 Å². The van der Waals surface area contributed by atoms with E-state index in [1.165, 1.54) is 17.2 Å². The van der Waals surface area contributed by atoms with Gasteiger partial charge in [0.25, 0.3) is 0 Å². The summed E-state index contributed by atoms with van der Waals surface area (Å²) in [6.45, 7) is 7.33. The van der Waals surface area contributed by atoms with Gasteiger partial charge in [0.05, 0.1) is 18.9 Å². The van der Waals surface area contributed by atoms with Gasteiger partial charge < -0.3 is 30.0 Å². The van der Waals surface area contributed by atoms with Crippen molar-refractivity contribution in [3.63, 3.8) is 0 Å². The number of hydrogen-bond donors (Lipinski definition) is 3. The van der Waals surface area contributed by atoms with Gasteiger partial charge in [-0.2, -0.15) is 18.4 Å². The van der Waals surface area contributed by atoms with E-state index in [0.29, 0.717) is 37.3 Å². The number of pyridine rings is 1. The average Bonchev–Trinajstić information content (AvgIpc) is 3.55. The van der Waals surface area contributed by atoms with Crippen LogP contribution in [0, 0.1) is 11.3 Å². The molecule has 3 aromatic rings. The first-order valence-electron chi connectivity index (χ1n) is 13.7. The normalized spacial score (nSPS) is 17.3. The van der Waals surface area contributed by atoms with Crippen molar-refractivity contribution in [2.75, 3.05) is 38.7 Å². The third kappa shape index (κ3) is 8.07. The fraction of sp³-hybridized carbons (Fsp3) is 0.536. The zero-order valence-electron chi connectivity index (χ0n) is 24.0. The van der Waals surface area contributed by atoms with Crippen molar-refractivity contribution in [2.45, 2.75) is 63.9 Å². The van der Waals surface area contributed by atoms with Gasteiger partial charge in [-0.25, -0.2) is 19.7 Å². The van der Waals surface area contributed by atoms with Gasteiger partial charge >= 0.3 is 12.3 Å². The van der Waals surface area contributed by atoms with Crippen molar-refractivity contribution in [1.29, 1.82) is 5.26 Å². The van der Waals surface area contributed by atoms with Crippen LogP contribution in [0.1, 0.15) is 51.3 Å². The summed E-state index contributed by atoms with van der Waals surface area (Å²) in [5, 5.41) is 16.1. The molecule has 3 heterocycles. The first kappa shape index (κ1) is 31.0. The van der Waals surface area contributed by atoms with Gasteiger partial charge in [-0.05, 0) is 52.2 Å². The number of carbonyl (C=O) groups excluding carboxylic acids is 1. The Bertz CT molecular complexity index is 1430. The topological polar surface area (TPSA) is 141 Å². The fourth-order valence-electron chi connectivity index (χ4n) is 4.68. The lowest BCUT2D eigenvalue weighted by Crippen LogP contribution is -2.36. The summed E-state index contributed by atoms with van der Waals surface area (Å²) < 4.78 is 52.5. The highest BCUT2D eigenvalue weighted by atomic mass is 19.4. The van der Waals surface area contributed by atoms with Crippen LogP contribution in [0.2, 0.25) is 0 Å². The van der Waals surface area contributed by atoms with Gasteiger partial charge in [-0.15, -0.1) is 0 Å². The van der Waals surface area contributed by atoms with Crippen LogP contribution in [0.25, 0.3) is 22.3 Å². The number of aromatic amines is 1. The van der Waals surface area contributed by atoms with Crippen LogP contribution in [0.3, 0.4) is 0 Å². The molecule has 3 N–H and O–H groups in total. The molecule has 42 heavy (non-hydrogen) atoms. The van der Waals surface area contributed by atoms with E-state index in [2.05, 4.69) is 30.6 Å². The Morgan fingerprint density at radius 2 is 1.95 bits per heavy atom. The summed E-state index contributed by atoms with van der Waals surface area (Å²) >= 11 is 0. The fourth-order valence-corrected chi connectivity index (χ4v) is 4.68. The number of anilines is 1. The number of ether oxygens (including phenoxy) is 2. The molecule has 2 atom stereocenters. The molecule has 4 rings (SSSR count). The van der Waals surface area contributed by atoms with Gasteiger partial charge in [0.1, 0.15) is 28.6 Å². The molecule has 1 aliphatic carbocycles. The second kappa shape index (κ2) is 12.9. The number of H-pyrrole nitrogens is 1. The molecule has 11 nitrogen and oxygen atoms in total. The van der Waals surface area contributed by atoms with Gasteiger partial charge in [-0.3, -0.25) is 0 Å². The lowest BCUT2D eigenvalue weighted by Gasteiger charge is -2.24. The molecule has 0 radical (unpaired) electrons. The van der Waals surface area contributed by atoms with E-state index in [0.717, 1.165) is 25.5 Å². The molecule has 14 heteroatoms. The smallest absolute Gasteiger partial charge is 0.419 e. The van der Waals surface area contributed by atoms with E-state index >= 15 is 0 Å². The third-order valence-corrected chi connectivity index (χ3v) is 6.72. The van der Waals surface area contributed by atoms with Gasteiger partial charge in [0, 0.05) is 55.6 Å². The Morgan fingerprint density at radius 1 is 1.19 bits per heavy atom. The molecule has 0 aromatic carbocycles. The van der Waals surface area contributed by atoms with Crippen molar-refractivity contribution in [2.24, 2.45) is 0 Å². The Labute approximate surface area is 241 Å². The standard InChI is InChI=1S/C28H35F3N8O3/c1-27(2,3)42-26(40)39(4)10-12-41-11-9-33-17-5-6-18(13-17)37-25-35-16-22(28(29,30)31)23(38-25)21-15-34-24-20(21)8-7-19(14-32)36-24/h7-8,15-18,33H,5-6,9-13H2,1-4H3,(H,34,36)(H,35,37,38)/t17-,18-/m0/s1. The number of carbonyl (C=O) groups is 1. The first-order chi connectivity index (χ1) is 19.8. The largest absolute Gasteiger partial charge is 0.444 e. The number of nitrogens with one attached hydrogen (secondary N) is 3. The lowest BCUT2D eigenvalue weighted by atomic mass is 10.1. The molecule has 1 saturated carbocycles. The monoisotopic (exact) mass is 588 g/mol. The van der Waals surface area contributed by atoms with Crippen molar-refractivity contribution >= 4 is 23.1 Å². The van der Waals surface area contributed by atoms with E-state index in [1.807, 2.05) is 26.8 Å². The minimum absolute atomic E-state index is 0.0155. The number of nitriles is 1. The predicted octanol–water partition coefficient (Wildman–Crippen LogP) is 4.72. The minimum Gasteiger partial charge on any atom is -0.444 e. The van der Waals surface area contributed by atoms with E-state index in [1.54, 1.807) is 13.1 Å². The summed E-state index contributed by atoms with van der Waals surface area (Å²) in [5.74, 6) is 0.108. The number of fused-ring (bicyclic) bond motifs is 1. The highest BCUT2D eigenvalue weighted by Gasteiger charge is 2.36. The molecule has 0 saturated heterocycles. The van der Waals surface area contributed by atoms with E-state index < -0.39 is 23.4 Å². The molecular formula is C28H35F3N8O3. The molecule has 0 aliphatic heterocycles. The molecule has 226 valence electrons. The first-order valence-corrected chi connectivity index (χ1v) is 13.7. The number of hydrogen-bond acceptors (Lipinski definition) is 9. The molecule has 1 aliphatic rings. The number of halogens is 3. The predicted molar refractivity (Wildman–Crippen MR) is 150 cm³/mol. The number of rotatable bonds is 10. The second-order valence-corrected chi connectivity index (χ2v) is 11.2. The quantitative estimate of drug-likeness (QED) is 0.287. The van der Waals surface area contributed by atoms with Crippen LogP contribution in [0.5, 0.6) is 0 Å². The van der Waals surface area contributed by atoms with Crippen molar-refractivity contribution in [1.82, 2.24) is 30.2 Å². The number of nitrogens with zero attached hydrogens (tertiary/aromatic N) is 5. The summed E-state index contributed by atoms with van der Waals surface area (Å²) in [6.07, 6.45) is -0.432. The Morgan fingerprint density at radius 3 is 2.67 bits per heavy atom. The average molecular weight is 589 g/mol. The summed E-state index contributed by atoms with van der Waals surface area (Å²) in [4.78, 5) is 28.7. The maximum atomic E-state index is 13.9. The van der Waals surface area contributed by atoms with Crippen LogP contribution < -0.4 is 10.6 Å². The number of amides is 1. The van der Waals surface area contributed by atoms with Gasteiger partial charge in [0.15, 0.2) is 0 Å². The van der Waals surface area contributed by atoms with Crippen molar-refractivity contribution in [3.8, 4) is 17.3 Å². The molecule has 3 aromatic heterocycles. The molecule has 1 amide bonds. The number of aromatic nitrogens is 4. The zero-order chi connectivity index (χ0) is 30.5. The highest BCUT2D eigenvalue weighted by molar-refractivity contribution is 5.93. The minimum atomic E-state index is -4.66. The Kier molecular flexibility index (Phi) is 9.53. The van der Waals surface area contributed by atoms with E-state index in [4.69, 9.17) is 14.7 Å². The van der Waals surface area contributed by atoms with Crippen molar-refractivity contribution < 1.29 is 27.4 Å². The highest BCUT2D eigenvalue weighted by Crippen LogP contribution is 2.38. The summed E-state index contributed by atoms with van der Waals surface area (Å²) in [7, 11) is 1.66. The molecule has 1 fully saturated rings. The zero-order valence-corrected chi connectivity index (χ0v) is 24.0. The molecule has 0 bridgehead atoms. The maximum absolute atomic E-state index is 13.9. The second-order valence-electron chi connectivity index (χ2n) is 11.2. The Hall–Kier alpha value is -3.96. The number of alkyl halides is 3. The van der Waals surface area contributed by atoms with Gasteiger partial charge in [-0.1, -0.05) is 0 Å². The number of likely N-dealkylation sites (N-methyl/N-ethyl adjacent to an activating group) is 1. The van der Waals surface area contributed by atoms with Crippen LogP contribution in [-0.2, 0) is 15.7 Å². The van der Waals surface area contributed by atoms with Gasteiger partial charge in [0.2, 0.25) is 5.95 Å². The molecular weight excluding hydrogens is 553 g/mol. The van der Waals surface area contributed by atoms with E-state index in [-0.39, 0.29) is 35.0 Å². The third-order valence-electron chi connectivity index (χ3n) is 6.72. The van der Waals surface area contributed by atoms with Crippen LogP contribution in [0.4, 0.5) is 23.9 Å².